The van der Waals surface area contributed by atoms with Gasteiger partial charge >= 0.3 is 0 Å². The Hall–Kier alpha value is -2.64. The number of ether oxygens (including phenoxy) is 2. The zero-order chi connectivity index (χ0) is 18.7. The van der Waals surface area contributed by atoms with E-state index in [0.717, 1.165) is 9.87 Å². The van der Waals surface area contributed by atoms with Crippen LogP contribution in [0.3, 0.4) is 0 Å². The summed E-state index contributed by atoms with van der Waals surface area (Å²) in [4.78, 5) is 12.4. The molecule has 0 spiro atoms. The van der Waals surface area contributed by atoms with Crippen LogP contribution >= 0.6 is 0 Å². The number of ketones is 1. The van der Waals surface area contributed by atoms with E-state index in [2.05, 4.69) is 0 Å². The zero-order valence-electron chi connectivity index (χ0n) is 14.5. The lowest BCUT2D eigenvalue weighted by Crippen LogP contribution is -2.22. The van der Waals surface area contributed by atoms with Crippen LogP contribution in [0.4, 0.5) is 0 Å². The van der Waals surface area contributed by atoms with Crippen molar-refractivity contribution in [1.82, 2.24) is 4.31 Å². The van der Waals surface area contributed by atoms with Crippen LogP contribution in [0.2, 0.25) is 0 Å². The van der Waals surface area contributed by atoms with Crippen LogP contribution in [0.25, 0.3) is 6.08 Å². The first kappa shape index (κ1) is 18.2. The van der Waals surface area contributed by atoms with Crippen LogP contribution in [0.1, 0.15) is 15.9 Å². The van der Waals surface area contributed by atoms with Gasteiger partial charge in [-0.2, -0.15) is 0 Å². The summed E-state index contributed by atoms with van der Waals surface area (Å²) in [6, 6.07) is 11.3. The van der Waals surface area contributed by atoms with Crippen molar-refractivity contribution in [1.29, 1.82) is 0 Å². The first-order valence-corrected chi connectivity index (χ1v) is 9.46. The molecule has 136 valence electrons. The number of hydrogen-bond acceptors (Lipinski definition) is 5. The van der Waals surface area contributed by atoms with Crippen molar-refractivity contribution in [3.8, 4) is 11.5 Å². The largest absolute Gasteiger partial charge is 0.486 e. The molecule has 3 rings (SSSR count). The zero-order valence-corrected chi connectivity index (χ0v) is 15.3. The van der Waals surface area contributed by atoms with Crippen LogP contribution in [-0.2, 0) is 10.0 Å². The molecule has 0 amide bonds. The lowest BCUT2D eigenvalue weighted by Gasteiger charge is -2.18. The van der Waals surface area contributed by atoms with Gasteiger partial charge in [-0.1, -0.05) is 12.1 Å². The Morgan fingerprint density at radius 1 is 1.00 bits per heavy atom. The maximum atomic E-state index is 12.3. The molecular weight excluding hydrogens is 354 g/mol. The van der Waals surface area contributed by atoms with Crippen LogP contribution in [0.5, 0.6) is 11.5 Å². The number of carbonyl (C=O) groups is 1. The van der Waals surface area contributed by atoms with Gasteiger partial charge in [-0.3, -0.25) is 4.79 Å². The summed E-state index contributed by atoms with van der Waals surface area (Å²) in [5.74, 6) is 1.13. The molecule has 2 aromatic rings. The van der Waals surface area contributed by atoms with Gasteiger partial charge in [0.05, 0.1) is 4.90 Å². The first-order valence-electron chi connectivity index (χ1n) is 8.02. The Kier molecular flexibility index (Phi) is 5.11. The summed E-state index contributed by atoms with van der Waals surface area (Å²) < 4.78 is 36.2. The van der Waals surface area contributed by atoms with Crippen LogP contribution in [-0.4, -0.2) is 45.8 Å². The highest BCUT2D eigenvalue weighted by molar-refractivity contribution is 7.89. The molecule has 7 heteroatoms. The van der Waals surface area contributed by atoms with Crippen molar-refractivity contribution in [2.45, 2.75) is 4.90 Å². The third-order valence-corrected chi connectivity index (χ3v) is 5.74. The Morgan fingerprint density at radius 2 is 1.65 bits per heavy atom. The average molecular weight is 373 g/mol. The summed E-state index contributed by atoms with van der Waals surface area (Å²) in [6.45, 7) is 1.03. The minimum Gasteiger partial charge on any atom is -0.486 e. The molecule has 1 heterocycles. The van der Waals surface area contributed by atoms with Gasteiger partial charge in [0, 0.05) is 19.7 Å². The second-order valence-electron chi connectivity index (χ2n) is 5.91. The Bertz CT molecular complexity index is 946. The van der Waals surface area contributed by atoms with Crippen molar-refractivity contribution < 1.29 is 22.7 Å². The Morgan fingerprint density at radius 3 is 2.31 bits per heavy atom. The average Bonchev–Trinajstić information content (AvgIpc) is 2.66. The molecule has 0 fully saturated rings. The molecule has 0 atom stereocenters. The highest BCUT2D eigenvalue weighted by Crippen LogP contribution is 2.31. The normalized spacial score (nSPS) is 14.0. The van der Waals surface area contributed by atoms with E-state index in [0.29, 0.717) is 30.3 Å². The van der Waals surface area contributed by atoms with Crippen molar-refractivity contribution in [2.24, 2.45) is 0 Å². The third kappa shape index (κ3) is 3.79. The number of fused-ring (bicyclic) bond motifs is 1. The molecule has 0 saturated carbocycles. The topological polar surface area (TPSA) is 72.9 Å². The molecule has 0 saturated heterocycles. The SMILES string of the molecule is CN(C)S(=O)(=O)c1ccc(C(=O)/C=C/c2ccc3c(c2)OCCO3)cc1. The Balaban J connectivity index is 1.75. The molecule has 0 aliphatic carbocycles. The van der Waals surface area contributed by atoms with Gasteiger partial charge in [0.2, 0.25) is 10.0 Å². The summed E-state index contributed by atoms with van der Waals surface area (Å²) in [5.41, 5.74) is 1.23. The summed E-state index contributed by atoms with van der Waals surface area (Å²) in [5, 5.41) is 0. The molecule has 1 aliphatic rings. The van der Waals surface area contributed by atoms with Gasteiger partial charge in [0.15, 0.2) is 17.3 Å². The molecule has 2 aromatic carbocycles. The van der Waals surface area contributed by atoms with Crippen molar-refractivity contribution in [3.63, 3.8) is 0 Å². The highest BCUT2D eigenvalue weighted by atomic mass is 32.2. The molecule has 0 aromatic heterocycles. The van der Waals surface area contributed by atoms with E-state index >= 15 is 0 Å². The van der Waals surface area contributed by atoms with E-state index in [9.17, 15) is 13.2 Å². The van der Waals surface area contributed by atoms with Crippen LogP contribution in [0, 0.1) is 0 Å². The monoisotopic (exact) mass is 373 g/mol. The van der Waals surface area contributed by atoms with E-state index in [1.165, 1.54) is 44.4 Å². The number of allylic oxidation sites excluding steroid dienone is 1. The standard InChI is InChI=1S/C19H19NO5S/c1-20(2)26(22,23)16-7-5-15(6-8-16)17(21)9-3-14-4-10-18-19(13-14)25-12-11-24-18/h3-10,13H,11-12H2,1-2H3/b9-3+. The number of benzene rings is 2. The lowest BCUT2D eigenvalue weighted by molar-refractivity contribution is 0.104. The summed E-state index contributed by atoms with van der Waals surface area (Å²) in [6.07, 6.45) is 3.13. The van der Waals surface area contributed by atoms with Crippen molar-refractivity contribution in [3.05, 3.63) is 59.7 Å². The van der Waals surface area contributed by atoms with Gasteiger partial charge < -0.3 is 9.47 Å². The molecule has 6 nitrogen and oxygen atoms in total. The summed E-state index contributed by atoms with van der Waals surface area (Å²) >= 11 is 0. The van der Waals surface area contributed by atoms with Gasteiger partial charge in [0.1, 0.15) is 13.2 Å². The van der Waals surface area contributed by atoms with Gasteiger partial charge in [0.25, 0.3) is 0 Å². The fourth-order valence-corrected chi connectivity index (χ4v) is 3.34. The number of rotatable bonds is 5. The van der Waals surface area contributed by atoms with E-state index < -0.39 is 10.0 Å². The predicted octanol–water partition coefficient (Wildman–Crippen LogP) is 2.60. The maximum absolute atomic E-state index is 12.3. The minimum atomic E-state index is -3.51. The van der Waals surface area contributed by atoms with Gasteiger partial charge in [-0.05, 0) is 48.0 Å². The molecular formula is C19H19NO5S. The molecule has 26 heavy (non-hydrogen) atoms. The van der Waals surface area contributed by atoms with Crippen molar-refractivity contribution in [2.75, 3.05) is 27.3 Å². The second-order valence-corrected chi connectivity index (χ2v) is 8.06. The van der Waals surface area contributed by atoms with E-state index in [1.54, 1.807) is 12.1 Å². The highest BCUT2D eigenvalue weighted by Gasteiger charge is 2.17. The Labute approximate surface area is 152 Å². The number of hydrogen-bond donors (Lipinski definition) is 0. The van der Waals surface area contributed by atoms with Crippen LogP contribution < -0.4 is 9.47 Å². The maximum Gasteiger partial charge on any atom is 0.242 e. The summed E-state index contributed by atoms with van der Waals surface area (Å²) in [7, 11) is -0.580. The quantitative estimate of drug-likeness (QED) is 0.595. The van der Waals surface area contributed by atoms with Gasteiger partial charge in [-0.15, -0.1) is 0 Å². The predicted molar refractivity (Wildman–Crippen MR) is 98.1 cm³/mol. The van der Waals surface area contributed by atoms with Crippen LogP contribution in [0.15, 0.2) is 53.4 Å². The molecule has 0 radical (unpaired) electrons. The second kappa shape index (κ2) is 7.31. The fourth-order valence-electron chi connectivity index (χ4n) is 2.43. The smallest absolute Gasteiger partial charge is 0.242 e. The minimum absolute atomic E-state index is 0.148. The van der Waals surface area contributed by atoms with E-state index in [4.69, 9.17) is 9.47 Å². The number of nitrogens with zero attached hydrogens (tertiary/aromatic N) is 1. The van der Waals surface area contributed by atoms with Crippen molar-refractivity contribution >= 4 is 21.9 Å². The van der Waals surface area contributed by atoms with E-state index in [-0.39, 0.29) is 10.7 Å². The number of carbonyl (C=O) groups excluding carboxylic acids is 1. The molecule has 0 N–H and O–H groups in total. The molecule has 0 unspecified atom stereocenters. The van der Waals surface area contributed by atoms with Gasteiger partial charge in [-0.25, -0.2) is 12.7 Å². The number of sulfonamides is 1. The van der Waals surface area contributed by atoms with E-state index in [1.807, 2.05) is 12.1 Å². The first-order chi connectivity index (χ1) is 12.4. The molecule has 0 bridgehead atoms. The molecule has 1 aliphatic heterocycles. The lowest BCUT2D eigenvalue weighted by atomic mass is 10.1. The fraction of sp³-hybridized carbons (Fsp3) is 0.211. The third-order valence-electron chi connectivity index (χ3n) is 3.91.